The van der Waals surface area contributed by atoms with Gasteiger partial charge in [0.15, 0.2) is 6.29 Å². The number of nitrogens with one attached hydrogen (secondary N) is 4. The third-order valence-corrected chi connectivity index (χ3v) is 26.1. The molecule has 666 valence electrons. The summed E-state index contributed by atoms with van der Waals surface area (Å²) in [6.45, 7) is 2.47. The van der Waals surface area contributed by atoms with Crippen LogP contribution in [0.1, 0.15) is 136 Å². The van der Waals surface area contributed by atoms with Crippen molar-refractivity contribution < 1.29 is 37.9 Å². The molecule has 0 bridgehead atoms. The number of hydrogen-bond acceptors (Lipinski definition) is 14. The van der Waals surface area contributed by atoms with Gasteiger partial charge in [0.1, 0.15) is 48.1 Å². The first-order valence-electron chi connectivity index (χ1n) is 46.5. The van der Waals surface area contributed by atoms with Gasteiger partial charge in [-0.3, -0.25) is 21.3 Å². The Labute approximate surface area is 769 Å². The van der Waals surface area contributed by atoms with Crippen LogP contribution in [0.25, 0.3) is 0 Å². The normalized spacial score (nSPS) is 19.0. The zero-order valence-electron chi connectivity index (χ0n) is 74.8. The third kappa shape index (κ3) is 21.0. The van der Waals surface area contributed by atoms with Crippen molar-refractivity contribution in [1.29, 1.82) is 0 Å². The zero-order chi connectivity index (χ0) is 88.9. The van der Waals surface area contributed by atoms with Crippen LogP contribution in [-0.2, 0) is 63.8 Å². The first kappa shape index (κ1) is 91.5. The molecular weight excluding hydrogens is 1610 g/mol. The van der Waals surface area contributed by atoms with Crippen LogP contribution >= 0.6 is 0 Å². The molecule has 14 aromatic rings. The molecular formula is C116H124N6O8. The smallest absolute Gasteiger partial charge is 0.176 e. The van der Waals surface area contributed by atoms with E-state index in [4.69, 9.17) is 54.7 Å². The van der Waals surface area contributed by atoms with Crippen LogP contribution in [0.5, 0.6) is 11.5 Å². The molecule has 1 aliphatic carbocycles. The number of methoxy groups -OCH3 is 2. The number of benzene rings is 14. The van der Waals surface area contributed by atoms with Crippen molar-refractivity contribution in [2.45, 2.75) is 154 Å². The molecule has 0 amide bonds. The summed E-state index contributed by atoms with van der Waals surface area (Å²) in [5.41, 5.74) is 22.4. The van der Waals surface area contributed by atoms with Gasteiger partial charge in [0, 0.05) is 31.8 Å². The lowest BCUT2D eigenvalue weighted by Crippen LogP contribution is -2.73. The number of hydrogen-bond donors (Lipinski definition) is 6. The molecule has 14 aromatic carbocycles. The summed E-state index contributed by atoms with van der Waals surface area (Å²) >= 11 is 0. The fourth-order valence-electron chi connectivity index (χ4n) is 19.8. The van der Waals surface area contributed by atoms with Crippen molar-refractivity contribution in [2.75, 3.05) is 47.1 Å². The Balaban J connectivity index is 0.987. The summed E-state index contributed by atoms with van der Waals surface area (Å²) in [6.07, 6.45) is 0.715. The maximum absolute atomic E-state index is 9.06. The summed E-state index contributed by atoms with van der Waals surface area (Å²) in [5, 5.41) is 18.4. The molecule has 14 nitrogen and oxygen atoms in total. The van der Waals surface area contributed by atoms with Gasteiger partial charge in [-0.25, -0.2) is 0 Å². The number of nitrogens with two attached hydrogens (primary N) is 2. The average Bonchev–Trinajstić information content (AvgIpc) is 0.730. The van der Waals surface area contributed by atoms with E-state index in [1.165, 1.54) is 0 Å². The van der Waals surface area contributed by atoms with Crippen LogP contribution in [0.3, 0.4) is 0 Å². The minimum Gasteiger partial charge on any atom is -0.497 e. The molecule has 0 spiro atoms. The van der Waals surface area contributed by atoms with Gasteiger partial charge in [-0.15, -0.1) is 0 Å². The second-order valence-electron chi connectivity index (χ2n) is 34.1. The van der Waals surface area contributed by atoms with Gasteiger partial charge in [-0.1, -0.05) is 414 Å². The van der Waals surface area contributed by atoms with E-state index in [9.17, 15) is 0 Å². The molecule has 1 aliphatic heterocycles. The second-order valence-corrected chi connectivity index (χ2v) is 34.1. The second kappa shape index (κ2) is 45.6. The molecule has 10 atom stereocenters. The summed E-state index contributed by atoms with van der Waals surface area (Å²) < 4.78 is 61.8. The highest BCUT2D eigenvalue weighted by atomic mass is 16.7. The molecule has 1 saturated carbocycles. The summed E-state index contributed by atoms with van der Waals surface area (Å²) in [5.74, 6) is 1.47. The lowest BCUT2D eigenvalue weighted by Gasteiger charge is -2.55. The van der Waals surface area contributed by atoms with Crippen LogP contribution in [0, 0.1) is 0 Å². The van der Waals surface area contributed by atoms with Crippen LogP contribution in [0.4, 0.5) is 0 Å². The van der Waals surface area contributed by atoms with Crippen molar-refractivity contribution in [3.05, 3.63) is 490 Å². The SMILES string of the molecule is COc1ccc(CO[C@@H]2[C@@H](NC(c3ccccc3)(c3ccccc3)c3ccccc3)[C@@H](O[C@H]3[C@H](OCCCCCCN)[C@@H](OCc4ccc(OC)cc4)[C@H](NC(c4ccccc4)(c4ccccc4)c4ccccc4)C[C@@H]3NC(c3ccccc3)(c3ccccc3)c3ccccc3)O[C@H](CNC(c3ccccc3)(c3ccccc3)c3ccccc3)[C@H]2OCCCCCCN)cc1. The summed E-state index contributed by atoms with van der Waals surface area (Å²) in [6, 6.07) is 144. The monoisotopic (exact) mass is 1730 g/mol. The van der Waals surface area contributed by atoms with E-state index in [1.807, 2.05) is 24.3 Å². The topological polar surface area (TPSA) is 174 Å². The predicted octanol–water partition coefficient (Wildman–Crippen LogP) is 20.9. The van der Waals surface area contributed by atoms with E-state index in [0.717, 1.165) is 141 Å². The molecule has 130 heavy (non-hydrogen) atoms. The predicted molar refractivity (Wildman–Crippen MR) is 521 cm³/mol. The zero-order valence-corrected chi connectivity index (χ0v) is 74.8. The highest BCUT2D eigenvalue weighted by Crippen LogP contribution is 2.48. The molecule has 0 aromatic heterocycles. The van der Waals surface area contributed by atoms with Crippen LogP contribution < -0.4 is 42.2 Å². The molecule has 14 heteroatoms. The molecule has 2 aliphatic rings. The molecule has 0 unspecified atom stereocenters. The Morgan fingerprint density at radius 3 is 0.846 bits per heavy atom. The molecule has 8 N–H and O–H groups in total. The van der Waals surface area contributed by atoms with Gasteiger partial charge in [0.2, 0.25) is 0 Å². The fourth-order valence-corrected chi connectivity index (χ4v) is 19.8. The van der Waals surface area contributed by atoms with Gasteiger partial charge in [0.25, 0.3) is 0 Å². The minimum absolute atomic E-state index is 0.158. The van der Waals surface area contributed by atoms with Gasteiger partial charge in [-0.2, -0.15) is 0 Å². The third-order valence-electron chi connectivity index (χ3n) is 26.1. The molecule has 0 radical (unpaired) electrons. The Morgan fingerprint density at radius 1 is 0.277 bits per heavy atom. The standard InChI is InChI=1S/C116H124N6O8/c1-123-101-75-71-87(72-76-101)85-127-107-103(120-114(92-53-25-10-26-54-92,93-55-27-11-28-56-93)94-57-29-12-30-58-94)83-104(121-115(95-59-31-13-32-60-95,96-61-33-14-34-62-96)97-63-35-15-36-64-97)108(111(107)126-82-46-6-4-44-80-118)130-112-106(122-116(98-65-37-16-38-66-98,99-67-39-17-40-68-99)100-69-41-18-42-70-100)110(128-86-88-73-77-102(124-2)78-74-88)109(125-81-45-5-3-43-79-117)105(129-112)84-119-113(89-47-19-7-20-48-89,90-49-21-8-22-50-90)91-51-23-9-24-52-91/h7-42,47-78,103-112,119-122H,3-6,43-46,79-86,117-118H2,1-2H3/t103-,104+,105-,106-,107+,108-,109-,110-,111-,112-/m1/s1. The van der Waals surface area contributed by atoms with Crippen LogP contribution in [-0.4, -0.2) is 108 Å². The number of unbranched alkanes of at least 4 members (excludes halogenated alkanes) is 6. The highest BCUT2D eigenvalue weighted by Gasteiger charge is 2.58. The average molecular weight is 1730 g/mol. The Hall–Kier alpha value is -11.8. The molecule has 16 rings (SSSR count). The van der Waals surface area contributed by atoms with E-state index in [1.54, 1.807) is 14.2 Å². The molecule has 1 saturated heterocycles. The molecule has 1 heterocycles. The van der Waals surface area contributed by atoms with Crippen molar-refractivity contribution in [3.63, 3.8) is 0 Å². The largest absolute Gasteiger partial charge is 0.497 e. The minimum atomic E-state index is -1.26. The summed E-state index contributed by atoms with van der Waals surface area (Å²) in [4.78, 5) is 0. The Kier molecular flexibility index (Phi) is 32.1. The molecule has 2 fully saturated rings. The first-order chi connectivity index (χ1) is 64.3. The van der Waals surface area contributed by atoms with Crippen LogP contribution in [0.2, 0.25) is 0 Å². The first-order valence-corrected chi connectivity index (χ1v) is 46.5. The van der Waals surface area contributed by atoms with E-state index in [2.05, 4.69) is 404 Å². The van der Waals surface area contributed by atoms with E-state index < -0.39 is 83.2 Å². The van der Waals surface area contributed by atoms with Crippen molar-refractivity contribution in [2.24, 2.45) is 11.5 Å². The van der Waals surface area contributed by atoms with E-state index >= 15 is 0 Å². The maximum atomic E-state index is 9.06. The summed E-state index contributed by atoms with van der Waals surface area (Å²) in [7, 11) is 3.40. The number of rotatable bonds is 45. The van der Waals surface area contributed by atoms with E-state index in [0.29, 0.717) is 32.7 Å². The van der Waals surface area contributed by atoms with Crippen molar-refractivity contribution in [3.8, 4) is 11.5 Å². The van der Waals surface area contributed by atoms with Gasteiger partial charge >= 0.3 is 0 Å². The lowest BCUT2D eigenvalue weighted by atomic mass is 9.72. The van der Waals surface area contributed by atoms with Gasteiger partial charge in [-0.05, 0) is 147 Å². The Morgan fingerprint density at radius 2 is 0.546 bits per heavy atom. The van der Waals surface area contributed by atoms with Gasteiger partial charge < -0.3 is 49.4 Å². The number of ether oxygens (including phenoxy) is 8. The van der Waals surface area contributed by atoms with Crippen molar-refractivity contribution >= 4 is 0 Å². The van der Waals surface area contributed by atoms with Crippen molar-refractivity contribution in [1.82, 2.24) is 21.3 Å². The maximum Gasteiger partial charge on any atom is 0.176 e. The van der Waals surface area contributed by atoms with Crippen LogP contribution in [0.15, 0.2) is 413 Å². The van der Waals surface area contributed by atoms with E-state index in [-0.39, 0.29) is 19.8 Å². The lowest BCUT2D eigenvalue weighted by molar-refractivity contribution is -0.312. The fraction of sp³-hybridized carbons (Fsp3) is 0.276. The Bertz CT molecular complexity index is 5200. The highest BCUT2D eigenvalue weighted by molar-refractivity contribution is 5.55. The van der Waals surface area contributed by atoms with Gasteiger partial charge in [0.05, 0.1) is 55.6 Å². The quantitative estimate of drug-likeness (QED) is 0.0157.